The smallest absolute Gasteiger partial charge is 0.306 e. The first-order valence-corrected chi connectivity index (χ1v) is 31.8. The number of carbonyl (C=O) groups is 3. The molecule has 0 aromatic carbocycles. The molecule has 0 aliphatic carbocycles. The molecule has 0 aliphatic rings. The number of hydrogen-bond acceptors (Lipinski definition) is 6. The highest BCUT2D eigenvalue weighted by molar-refractivity contribution is 5.71. The Bertz CT molecular complexity index is 1310. The minimum atomic E-state index is -0.785. The zero-order valence-corrected chi connectivity index (χ0v) is 48.7. The molecule has 0 aromatic rings. The number of unbranched alkanes of at least 4 members (excludes halogenated alkanes) is 37. The first-order valence-electron chi connectivity index (χ1n) is 31.8. The average Bonchev–Trinajstić information content (AvgIpc) is 3.39. The Morgan fingerprint density at radius 3 is 0.781 bits per heavy atom. The van der Waals surface area contributed by atoms with Crippen LogP contribution in [0.3, 0.4) is 0 Å². The number of rotatable bonds is 58. The molecule has 0 spiro atoms. The van der Waals surface area contributed by atoms with Crippen LogP contribution in [0.2, 0.25) is 0 Å². The molecule has 0 amide bonds. The van der Waals surface area contributed by atoms with Crippen molar-refractivity contribution in [1.82, 2.24) is 0 Å². The van der Waals surface area contributed by atoms with Gasteiger partial charge in [-0.3, -0.25) is 14.4 Å². The van der Waals surface area contributed by atoms with Crippen molar-refractivity contribution in [2.75, 3.05) is 13.2 Å². The quantitative estimate of drug-likeness (QED) is 0.0261. The van der Waals surface area contributed by atoms with Gasteiger partial charge in [-0.25, -0.2) is 0 Å². The van der Waals surface area contributed by atoms with Gasteiger partial charge in [0.15, 0.2) is 6.10 Å². The fourth-order valence-electron chi connectivity index (χ4n) is 9.15. The second-order valence-corrected chi connectivity index (χ2v) is 21.3. The Balaban J connectivity index is 4.39. The number of allylic oxidation sites excluding steroid dienone is 10. The van der Waals surface area contributed by atoms with Gasteiger partial charge in [0.2, 0.25) is 0 Å². The van der Waals surface area contributed by atoms with Crippen LogP contribution in [0, 0.1) is 0 Å². The van der Waals surface area contributed by atoms with Crippen molar-refractivity contribution in [2.45, 2.75) is 335 Å². The monoisotopic (exact) mass is 1020 g/mol. The summed E-state index contributed by atoms with van der Waals surface area (Å²) in [5, 5.41) is 0. The van der Waals surface area contributed by atoms with Crippen LogP contribution in [-0.2, 0) is 28.6 Å². The van der Waals surface area contributed by atoms with E-state index >= 15 is 0 Å². The van der Waals surface area contributed by atoms with E-state index in [4.69, 9.17) is 14.2 Å². The zero-order chi connectivity index (χ0) is 52.9. The van der Waals surface area contributed by atoms with Crippen LogP contribution >= 0.6 is 0 Å². The van der Waals surface area contributed by atoms with Gasteiger partial charge in [-0.05, 0) is 109 Å². The van der Waals surface area contributed by atoms with Crippen LogP contribution in [0.5, 0.6) is 0 Å². The van der Waals surface area contributed by atoms with Crippen molar-refractivity contribution in [1.29, 1.82) is 0 Å². The summed E-state index contributed by atoms with van der Waals surface area (Å²) in [5.41, 5.74) is 0. The maximum atomic E-state index is 12.9. The Morgan fingerprint density at radius 2 is 0.493 bits per heavy atom. The molecule has 1 atom stereocenters. The second-order valence-electron chi connectivity index (χ2n) is 21.3. The normalized spacial score (nSPS) is 12.4. The molecule has 0 aliphatic heterocycles. The Morgan fingerprint density at radius 1 is 0.274 bits per heavy atom. The fourth-order valence-corrected chi connectivity index (χ4v) is 9.15. The third-order valence-corrected chi connectivity index (χ3v) is 14.0. The van der Waals surface area contributed by atoms with Crippen molar-refractivity contribution in [3.63, 3.8) is 0 Å². The number of esters is 3. The van der Waals surface area contributed by atoms with Gasteiger partial charge in [0.25, 0.3) is 0 Å². The second kappa shape index (κ2) is 61.7. The summed E-state index contributed by atoms with van der Waals surface area (Å²) >= 11 is 0. The first kappa shape index (κ1) is 70.1. The van der Waals surface area contributed by atoms with Gasteiger partial charge in [0.05, 0.1) is 0 Å². The highest BCUT2D eigenvalue weighted by Gasteiger charge is 2.19. The van der Waals surface area contributed by atoms with Crippen molar-refractivity contribution in [3.05, 3.63) is 60.8 Å². The summed E-state index contributed by atoms with van der Waals surface area (Å²) in [7, 11) is 0. The molecule has 0 saturated heterocycles. The van der Waals surface area contributed by atoms with Crippen molar-refractivity contribution < 1.29 is 28.6 Å². The molecule has 0 bridgehead atoms. The Kier molecular flexibility index (Phi) is 59.2. The summed E-state index contributed by atoms with van der Waals surface area (Å²) in [6.07, 6.45) is 77.9. The molecule has 0 fully saturated rings. The average molecular weight is 1020 g/mol. The van der Waals surface area contributed by atoms with Gasteiger partial charge in [-0.15, -0.1) is 0 Å². The van der Waals surface area contributed by atoms with E-state index in [1.165, 1.54) is 205 Å². The predicted octanol–water partition coefficient (Wildman–Crippen LogP) is 21.6. The van der Waals surface area contributed by atoms with Gasteiger partial charge in [0.1, 0.15) is 13.2 Å². The van der Waals surface area contributed by atoms with E-state index < -0.39 is 6.10 Å². The van der Waals surface area contributed by atoms with Gasteiger partial charge >= 0.3 is 17.9 Å². The fraction of sp³-hybridized carbons (Fsp3) is 0.806. The van der Waals surface area contributed by atoms with E-state index in [1.54, 1.807) is 0 Å². The van der Waals surface area contributed by atoms with E-state index in [9.17, 15) is 14.4 Å². The lowest BCUT2D eigenvalue weighted by Gasteiger charge is -2.18. The molecular weight excluding hydrogens is 901 g/mol. The molecule has 424 valence electrons. The van der Waals surface area contributed by atoms with Gasteiger partial charge in [-0.2, -0.15) is 0 Å². The van der Waals surface area contributed by atoms with Gasteiger partial charge in [0, 0.05) is 19.3 Å². The first-order chi connectivity index (χ1) is 36.0. The molecule has 1 unspecified atom stereocenters. The molecule has 0 saturated carbocycles. The third-order valence-electron chi connectivity index (χ3n) is 14.0. The highest BCUT2D eigenvalue weighted by atomic mass is 16.6. The lowest BCUT2D eigenvalue weighted by atomic mass is 10.1. The standard InChI is InChI=1S/C67H120O6/c1-4-7-10-13-16-19-22-25-28-30-32-33-35-36-39-42-45-48-51-54-57-60-66(69)72-63-64(62-71-65(68)59-56-53-50-47-44-41-38-27-24-21-18-15-12-9-6-3)73-67(70)61-58-55-52-49-46-43-40-37-34-31-29-26-23-20-17-14-11-8-5-2/h22,25-27,29-30,32,35-36,38,64H,4-21,23-24,28,31,33-34,37,39-63H2,1-3H3/b25-22-,29-26-,32-30-,36-35-,38-27-. The van der Waals surface area contributed by atoms with Gasteiger partial charge in [-0.1, -0.05) is 261 Å². The molecule has 6 heteroatoms. The maximum absolute atomic E-state index is 12.9. The van der Waals surface area contributed by atoms with Crippen molar-refractivity contribution in [2.24, 2.45) is 0 Å². The van der Waals surface area contributed by atoms with Crippen LogP contribution in [0.15, 0.2) is 60.8 Å². The number of ether oxygens (including phenoxy) is 3. The molecule has 0 N–H and O–H groups in total. The molecule has 0 aromatic heterocycles. The summed E-state index contributed by atoms with van der Waals surface area (Å²) < 4.78 is 16.9. The molecule has 73 heavy (non-hydrogen) atoms. The largest absolute Gasteiger partial charge is 0.462 e. The van der Waals surface area contributed by atoms with E-state index in [-0.39, 0.29) is 31.1 Å². The summed E-state index contributed by atoms with van der Waals surface area (Å²) in [6, 6.07) is 0. The van der Waals surface area contributed by atoms with Gasteiger partial charge < -0.3 is 14.2 Å². The van der Waals surface area contributed by atoms with Crippen LogP contribution in [0.1, 0.15) is 329 Å². The number of hydrogen-bond donors (Lipinski definition) is 0. The van der Waals surface area contributed by atoms with Crippen molar-refractivity contribution in [3.8, 4) is 0 Å². The lowest BCUT2D eigenvalue weighted by molar-refractivity contribution is -0.167. The maximum Gasteiger partial charge on any atom is 0.306 e. The SMILES string of the molecule is CCCCCCC/C=C\C/C=C\C/C=C\CCCCCCCCC(=O)OCC(COC(=O)CCCCCCC/C=C\CCCCCCCC)OC(=O)CCCCCCCCCCC/C=C\CCCCCCCC. The Labute approximate surface area is 453 Å². The van der Waals surface area contributed by atoms with E-state index in [2.05, 4.69) is 81.5 Å². The van der Waals surface area contributed by atoms with Crippen molar-refractivity contribution >= 4 is 17.9 Å². The van der Waals surface area contributed by atoms with Crippen LogP contribution in [-0.4, -0.2) is 37.2 Å². The molecule has 0 radical (unpaired) electrons. The molecule has 0 heterocycles. The summed E-state index contributed by atoms with van der Waals surface area (Å²) in [4.78, 5) is 38.3. The van der Waals surface area contributed by atoms with Crippen LogP contribution in [0.25, 0.3) is 0 Å². The third kappa shape index (κ3) is 59.9. The lowest BCUT2D eigenvalue weighted by Crippen LogP contribution is -2.30. The van der Waals surface area contributed by atoms with E-state index in [0.717, 1.165) is 83.5 Å². The number of carbonyl (C=O) groups excluding carboxylic acids is 3. The van der Waals surface area contributed by atoms with Crippen LogP contribution < -0.4 is 0 Å². The highest BCUT2D eigenvalue weighted by Crippen LogP contribution is 2.16. The molecule has 6 nitrogen and oxygen atoms in total. The summed E-state index contributed by atoms with van der Waals surface area (Å²) in [5.74, 6) is -0.889. The predicted molar refractivity (Wildman–Crippen MR) is 316 cm³/mol. The minimum Gasteiger partial charge on any atom is -0.462 e. The van der Waals surface area contributed by atoms with E-state index in [0.29, 0.717) is 19.3 Å². The topological polar surface area (TPSA) is 78.9 Å². The summed E-state index contributed by atoms with van der Waals surface area (Å²) in [6.45, 7) is 6.64. The van der Waals surface area contributed by atoms with E-state index in [1.807, 2.05) is 0 Å². The molecule has 0 rings (SSSR count). The Hall–Kier alpha value is -2.89. The minimum absolute atomic E-state index is 0.0821. The van der Waals surface area contributed by atoms with Crippen LogP contribution in [0.4, 0.5) is 0 Å². The molecular formula is C67H120O6. The zero-order valence-electron chi connectivity index (χ0n) is 48.7.